The minimum atomic E-state index is -2.43. The Hall–Kier alpha value is -0.880. The van der Waals surface area contributed by atoms with Crippen molar-refractivity contribution in [1.29, 1.82) is 0 Å². The summed E-state index contributed by atoms with van der Waals surface area (Å²) in [6, 6.07) is 8.63. The van der Waals surface area contributed by atoms with E-state index in [4.69, 9.17) is 69.6 Å². The van der Waals surface area contributed by atoms with Crippen molar-refractivity contribution in [2.45, 2.75) is 4.33 Å². The van der Waals surface area contributed by atoms with E-state index in [1.807, 2.05) is 0 Å². The van der Waals surface area contributed by atoms with Gasteiger partial charge in [0.25, 0.3) is 16.1 Å². The molecule has 0 fully saturated rings. The van der Waals surface area contributed by atoms with Crippen LogP contribution in [0.25, 0.3) is 0 Å². The Balaban J connectivity index is 2.15. The SMILES string of the molecule is O=C(Nc1cc(Cl)cc(Cl)c1)C(Cl)(Cl)C(=O)Nc1cc(Cl)cc(Cl)c1. The molecule has 2 rings (SSSR count). The molecular formula is C15H8Cl6N2O2. The Morgan fingerprint density at radius 2 is 0.920 bits per heavy atom. The van der Waals surface area contributed by atoms with E-state index < -0.39 is 16.1 Å². The largest absolute Gasteiger partial charge is 0.323 e. The molecule has 0 unspecified atom stereocenters. The number of alkyl halides is 2. The Labute approximate surface area is 173 Å². The Bertz CT molecular complexity index is 733. The zero-order chi connectivity index (χ0) is 18.8. The van der Waals surface area contributed by atoms with Gasteiger partial charge in [0, 0.05) is 31.5 Å². The molecule has 132 valence electrons. The van der Waals surface area contributed by atoms with E-state index in [-0.39, 0.29) is 31.5 Å². The predicted octanol–water partition coefficient (Wildman–Crippen LogP) is 6.05. The molecule has 0 aliphatic heterocycles. The molecule has 0 aromatic heterocycles. The quantitative estimate of drug-likeness (QED) is 0.431. The number of carbonyl (C=O) groups is 2. The van der Waals surface area contributed by atoms with Crippen LogP contribution in [0.4, 0.5) is 11.4 Å². The van der Waals surface area contributed by atoms with Crippen molar-refractivity contribution in [3.8, 4) is 0 Å². The van der Waals surface area contributed by atoms with Gasteiger partial charge in [-0.2, -0.15) is 0 Å². The van der Waals surface area contributed by atoms with Crippen molar-refractivity contribution >= 4 is 92.8 Å². The van der Waals surface area contributed by atoms with Gasteiger partial charge in [-0.15, -0.1) is 0 Å². The maximum Gasteiger partial charge on any atom is 0.274 e. The van der Waals surface area contributed by atoms with Crippen LogP contribution in [0.15, 0.2) is 36.4 Å². The molecule has 0 aliphatic carbocycles. The summed E-state index contributed by atoms with van der Waals surface area (Å²) >= 11 is 35.2. The number of halogens is 6. The molecule has 0 bridgehead atoms. The summed E-state index contributed by atoms with van der Waals surface area (Å²) in [6.07, 6.45) is 0. The summed E-state index contributed by atoms with van der Waals surface area (Å²) in [6.45, 7) is 0. The van der Waals surface area contributed by atoms with Gasteiger partial charge in [0.2, 0.25) is 0 Å². The number of benzene rings is 2. The molecule has 2 aromatic carbocycles. The van der Waals surface area contributed by atoms with E-state index in [0.29, 0.717) is 0 Å². The number of carbonyl (C=O) groups excluding carboxylic acids is 2. The molecule has 25 heavy (non-hydrogen) atoms. The van der Waals surface area contributed by atoms with Gasteiger partial charge >= 0.3 is 0 Å². The van der Waals surface area contributed by atoms with Crippen molar-refractivity contribution in [1.82, 2.24) is 0 Å². The van der Waals surface area contributed by atoms with Gasteiger partial charge in [-0.05, 0) is 36.4 Å². The van der Waals surface area contributed by atoms with Crippen molar-refractivity contribution < 1.29 is 9.59 Å². The molecule has 2 N–H and O–H groups in total. The summed E-state index contributed by atoms with van der Waals surface area (Å²) in [4.78, 5) is 24.5. The van der Waals surface area contributed by atoms with Crippen LogP contribution in [0.2, 0.25) is 20.1 Å². The van der Waals surface area contributed by atoms with E-state index in [2.05, 4.69) is 10.6 Å². The summed E-state index contributed by atoms with van der Waals surface area (Å²) in [7, 11) is 0. The Morgan fingerprint density at radius 1 is 0.640 bits per heavy atom. The monoisotopic (exact) mass is 458 g/mol. The third-order valence-corrected chi connectivity index (χ3v) is 4.37. The van der Waals surface area contributed by atoms with Crippen LogP contribution in [-0.4, -0.2) is 16.1 Å². The van der Waals surface area contributed by atoms with Crippen LogP contribution in [-0.2, 0) is 9.59 Å². The molecule has 10 heteroatoms. The fourth-order valence-corrected chi connectivity index (χ4v) is 3.02. The van der Waals surface area contributed by atoms with Crippen LogP contribution < -0.4 is 10.6 Å². The smallest absolute Gasteiger partial charge is 0.274 e. The van der Waals surface area contributed by atoms with Gasteiger partial charge < -0.3 is 10.6 Å². The summed E-state index contributed by atoms with van der Waals surface area (Å²) in [5, 5.41) is 5.89. The Kier molecular flexibility index (Phi) is 6.71. The predicted molar refractivity (Wildman–Crippen MR) is 105 cm³/mol. The molecule has 0 saturated heterocycles. The fourth-order valence-electron chi connectivity index (χ4n) is 1.77. The second-order valence-electron chi connectivity index (χ2n) is 4.80. The third kappa shape index (κ3) is 5.55. The van der Waals surface area contributed by atoms with Crippen molar-refractivity contribution in [3.05, 3.63) is 56.5 Å². The van der Waals surface area contributed by atoms with Crippen molar-refractivity contribution in [2.24, 2.45) is 0 Å². The summed E-state index contributed by atoms with van der Waals surface area (Å²) in [5.41, 5.74) is 0.457. The summed E-state index contributed by atoms with van der Waals surface area (Å²) in [5.74, 6) is -1.97. The highest BCUT2D eigenvalue weighted by Gasteiger charge is 2.42. The highest BCUT2D eigenvalue weighted by Crippen LogP contribution is 2.29. The van der Waals surface area contributed by atoms with Crippen LogP contribution in [0.3, 0.4) is 0 Å². The van der Waals surface area contributed by atoms with E-state index >= 15 is 0 Å². The third-order valence-electron chi connectivity index (χ3n) is 2.81. The van der Waals surface area contributed by atoms with Crippen LogP contribution >= 0.6 is 69.6 Å². The van der Waals surface area contributed by atoms with Gasteiger partial charge in [-0.25, -0.2) is 0 Å². The van der Waals surface area contributed by atoms with Crippen LogP contribution in [0.5, 0.6) is 0 Å². The minimum Gasteiger partial charge on any atom is -0.323 e. The first-order valence-electron chi connectivity index (χ1n) is 6.51. The first-order chi connectivity index (χ1) is 11.6. The van der Waals surface area contributed by atoms with Gasteiger partial charge in [-0.3, -0.25) is 9.59 Å². The molecule has 0 saturated carbocycles. The number of anilines is 2. The van der Waals surface area contributed by atoms with Gasteiger partial charge in [0.1, 0.15) is 0 Å². The lowest BCUT2D eigenvalue weighted by atomic mass is 10.2. The van der Waals surface area contributed by atoms with Gasteiger partial charge in [0.15, 0.2) is 0 Å². The van der Waals surface area contributed by atoms with Gasteiger partial charge in [0.05, 0.1) is 0 Å². The zero-order valence-corrected chi connectivity index (χ0v) is 16.6. The topological polar surface area (TPSA) is 58.2 Å². The van der Waals surface area contributed by atoms with Gasteiger partial charge in [-0.1, -0.05) is 69.6 Å². The first kappa shape index (κ1) is 20.4. The summed E-state index contributed by atoms with van der Waals surface area (Å²) < 4.78 is -2.43. The highest BCUT2D eigenvalue weighted by atomic mass is 35.5. The molecule has 2 aromatic rings. The van der Waals surface area contributed by atoms with Crippen LogP contribution in [0, 0.1) is 0 Å². The maximum absolute atomic E-state index is 12.2. The molecule has 0 atom stereocenters. The molecule has 2 amide bonds. The zero-order valence-electron chi connectivity index (χ0n) is 12.0. The second-order valence-corrected chi connectivity index (χ2v) is 7.87. The van der Waals surface area contributed by atoms with E-state index in [9.17, 15) is 9.59 Å². The average Bonchev–Trinajstić information content (AvgIpc) is 2.44. The van der Waals surface area contributed by atoms with Crippen molar-refractivity contribution in [3.63, 3.8) is 0 Å². The van der Waals surface area contributed by atoms with Crippen LogP contribution in [0.1, 0.15) is 0 Å². The number of hydrogen-bond donors (Lipinski definition) is 2. The average molecular weight is 461 g/mol. The number of amides is 2. The highest BCUT2D eigenvalue weighted by molar-refractivity contribution is 6.69. The van der Waals surface area contributed by atoms with E-state index in [1.165, 1.54) is 36.4 Å². The number of hydrogen-bond acceptors (Lipinski definition) is 2. The Morgan fingerprint density at radius 3 is 1.20 bits per heavy atom. The molecule has 0 aliphatic rings. The standard InChI is InChI=1S/C15H8Cl6N2O2/c16-7-1-8(17)4-11(3-7)22-13(24)15(20,21)14(25)23-12-5-9(18)2-10(19)6-12/h1-6H,(H,22,24)(H,23,25). The lowest BCUT2D eigenvalue weighted by Crippen LogP contribution is -2.43. The fraction of sp³-hybridized carbons (Fsp3) is 0.0667. The maximum atomic E-state index is 12.2. The normalized spacial score (nSPS) is 11.1. The van der Waals surface area contributed by atoms with E-state index in [1.54, 1.807) is 0 Å². The van der Waals surface area contributed by atoms with E-state index in [0.717, 1.165) is 0 Å². The molecular weight excluding hydrogens is 453 g/mol. The molecule has 4 nitrogen and oxygen atoms in total. The molecule has 0 radical (unpaired) electrons. The first-order valence-corrected chi connectivity index (χ1v) is 8.77. The molecule has 0 heterocycles. The number of rotatable bonds is 4. The number of nitrogens with one attached hydrogen (secondary N) is 2. The lowest BCUT2D eigenvalue weighted by molar-refractivity contribution is -0.124. The lowest BCUT2D eigenvalue weighted by Gasteiger charge is -2.19. The minimum absolute atomic E-state index is 0.228. The van der Waals surface area contributed by atoms with Crippen molar-refractivity contribution in [2.75, 3.05) is 10.6 Å². The molecule has 0 spiro atoms. The second kappa shape index (κ2) is 8.21.